The van der Waals surface area contributed by atoms with E-state index in [9.17, 15) is 9.59 Å². The molecule has 0 atom stereocenters. The van der Waals surface area contributed by atoms with E-state index in [4.69, 9.17) is 4.74 Å². The summed E-state index contributed by atoms with van der Waals surface area (Å²) in [5, 5.41) is 2.69. The van der Waals surface area contributed by atoms with Crippen molar-refractivity contribution in [1.82, 2.24) is 0 Å². The van der Waals surface area contributed by atoms with Crippen molar-refractivity contribution in [3.05, 3.63) is 59.2 Å². The van der Waals surface area contributed by atoms with Gasteiger partial charge in [-0.1, -0.05) is 12.1 Å². The van der Waals surface area contributed by atoms with Gasteiger partial charge in [-0.3, -0.25) is 4.79 Å². The Morgan fingerprint density at radius 2 is 1.83 bits per heavy atom. The highest BCUT2D eigenvalue weighted by Crippen LogP contribution is 2.16. The van der Waals surface area contributed by atoms with Crippen molar-refractivity contribution in [2.45, 2.75) is 13.8 Å². The first-order valence-electron chi connectivity index (χ1n) is 7.18. The summed E-state index contributed by atoms with van der Waals surface area (Å²) in [5.41, 5.74) is 3.16. The normalized spacial score (nSPS) is 10.0. The second kappa shape index (κ2) is 7.45. The minimum absolute atomic E-state index is 0.106. The molecule has 2 aromatic rings. The fraction of sp³-hybridized carbons (Fsp3) is 0.222. The molecule has 0 aromatic heterocycles. The van der Waals surface area contributed by atoms with E-state index in [-0.39, 0.29) is 12.5 Å². The Morgan fingerprint density at radius 1 is 1.04 bits per heavy atom. The van der Waals surface area contributed by atoms with E-state index in [1.807, 2.05) is 32.0 Å². The summed E-state index contributed by atoms with van der Waals surface area (Å²) in [7, 11) is 1.31. The third-order valence-electron chi connectivity index (χ3n) is 3.42. The van der Waals surface area contributed by atoms with Crippen molar-refractivity contribution in [3.8, 4) is 5.75 Å². The number of benzene rings is 2. The molecular formula is C18H19NO4. The molecule has 2 rings (SSSR count). The number of carbonyl (C=O) groups is 2. The highest BCUT2D eigenvalue weighted by Gasteiger charge is 2.08. The predicted octanol–water partition coefficient (Wildman–Crippen LogP) is 3.11. The van der Waals surface area contributed by atoms with Crippen LogP contribution in [0.25, 0.3) is 0 Å². The Morgan fingerprint density at radius 3 is 2.52 bits per heavy atom. The Hall–Kier alpha value is -2.82. The van der Waals surface area contributed by atoms with Crippen LogP contribution >= 0.6 is 0 Å². The number of rotatable bonds is 5. The van der Waals surface area contributed by atoms with E-state index < -0.39 is 5.97 Å². The van der Waals surface area contributed by atoms with Crippen molar-refractivity contribution < 1.29 is 19.1 Å². The smallest absolute Gasteiger partial charge is 0.337 e. The van der Waals surface area contributed by atoms with E-state index in [2.05, 4.69) is 10.1 Å². The van der Waals surface area contributed by atoms with E-state index in [0.29, 0.717) is 17.0 Å². The number of ether oxygens (including phenoxy) is 2. The van der Waals surface area contributed by atoms with E-state index in [1.165, 1.54) is 12.7 Å². The molecule has 0 aliphatic heterocycles. The number of anilines is 1. The zero-order valence-electron chi connectivity index (χ0n) is 13.4. The van der Waals surface area contributed by atoms with Crippen LogP contribution in [0.3, 0.4) is 0 Å². The quantitative estimate of drug-likeness (QED) is 0.861. The molecule has 0 saturated carbocycles. The minimum Gasteiger partial charge on any atom is -0.484 e. The molecule has 120 valence electrons. The van der Waals surface area contributed by atoms with Gasteiger partial charge in [-0.25, -0.2) is 4.79 Å². The molecule has 1 amide bonds. The van der Waals surface area contributed by atoms with E-state index in [1.54, 1.807) is 24.3 Å². The molecule has 0 unspecified atom stereocenters. The van der Waals surface area contributed by atoms with Crippen LogP contribution in [0.2, 0.25) is 0 Å². The molecule has 5 nitrogen and oxygen atoms in total. The average Bonchev–Trinajstić information content (AvgIpc) is 2.55. The molecule has 5 heteroatoms. The molecule has 0 saturated heterocycles. The Labute approximate surface area is 135 Å². The lowest BCUT2D eigenvalue weighted by Crippen LogP contribution is -2.20. The number of hydrogen-bond donors (Lipinski definition) is 1. The van der Waals surface area contributed by atoms with E-state index in [0.717, 1.165) is 5.56 Å². The number of hydrogen-bond acceptors (Lipinski definition) is 4. The van der Waals surface area contributed by atoms with Gasteiger partial charge < -0.3 is 14.8 Å². The monoisotopic (exact) mass is 313 g/mol. The highest BCUT2D eigenvalue weighted by molar-refractivity contribution is 5.95. The molecule has 1 N–H and O–H groups in total. The summed E-state index contributed by atoms with van der Waals surface area (Å²) < 4.78 is 10.1. The second-order valence-electron chi connectivity index (χ2n) is 5.16. The molecule has 0 aliphatic rings. The maximum atomic E-state index is 11.9. The van der Waals surface area contributed by atoms with E-state index >= 15 is 0 Å². The molecule has 2 aromatic carbocycles. The standard InChI is InChI=1S/C18H19NO4/c1-12-7-8-16(9-13(12)2)23-11-17(20)19-15-6-4-5-14(10-15)18(21)22-3/h4-10H,11H2,1-3H3,(H,19,20). The van der Waals surface area contributed by atoms with Crippen molar-refractivity contribution in [3.63, 3.8) is 0 Å². The summed E-state index contributed by atoms with van der Waals surface area (Å²) in [6, 6.07) is 12.2. The van der Waals surface area contributed by atoms with Gasteiger partial charge in [0.15, 0.2) is 6.61 Å². The summed E-state index contributed by atoms with van der Waals surface area (Å²) in [6.45, 7) is 3.89. The van der Waals surface area contributed by atoms with Crippen LogP contribution < -0.4 is 10.1 Å². The zero-order valence-corrected chi connectivity index (χ0v) is 13.4. The van der Waals surface area contributed by atoms with Crippen LogP contribution in [0.15, 0.2) is 42.5 Å². The topological polar surface area (TPSA) is 64.6 Å². The van der Waals surface area contributed by atoms with Crippen LogP contribution in [0.4, 0.5) is 5.69 Å². The maximum Gasteiger partial charge on any atom is 0.337 e. The van der Waals surface area contributed by atoms with Gasteiger partial charge in [0.1, 0.15) is 5.75 Å². The Bertz CT molecular complexity index is 725. The number of amides is 1. The van der Waals surface area contributed by atoms with Gasteiger partial charge in [0.05, 0.1) is 12.7 Å². The molecule has 0 radical (unpaired) electrons. The number of aryl methyl sites for hydroxylation is 2. The third kappa shape index (κ3) is 4.57. The van der Waals surface area contributed by atoms with Gasteiger partial charge in [-0.15, -0.1) is 0 Å². The third-order valence-corrected chi connectivity index (χ3v) is 3.42. The predicted molar refractivity (Wildman–Crippen MR) is 87.8 cm³/mol. The largest absolute Gasteiger partial charge is 0.484 e. The first-order chi connectivity index (χ1) is 11.0. The maximum absolute atomic E-state index is 11.9. The van der Waals surface area contributed by atoms with Gasteiger partial charge in [0, 0.05) is 5.69 Å². The lowest BCUT2D eigenvalue weighted by Gasteiger charge is -2.09. The SMILES string of the molecule is COC(=O)c1cccc(NC(=O)COc2ccc(C)c(C)c2)c1. The van der Waals surface area contributed by atoms with Gasteiger partial charge in [0.25, 0.3) is 5.91 Å². The molecule has 0 aliphatic carbocycles. The minimum atomic E-state index is -0.451. The van der Waals surface area contributed by atoms with Gasteiger partial charge >= 0.3 is 5.97 Å². The Balaban J connectivity index is 1.94. The average molecular weight is 313 g/mol. The van der Waals surface area contributed by atoms with Crippen LogP contribution in [0, 0.1) is 13.8 Å². The van der Waals surface area contributed by atoms with Crippen LogP contribution in [0.1, 0.15) is 21.5 Å². The van der Waals surface area contributed by atoms with Crippen LogP contribution in [-0.2, 0) is 9.53 Å². The Kier molecular flexibility index (Phi) is 5.36. The van der Waals surface area contributed by atoms with Crippen molar-refractivity contribution in [2.24, 2.45) is 0 Å². The molecule has 0 fully saturated rings. The molecule has 0 spiro atoms. The van der Waals surface area contributed by atoms with Crippen molar-refractivity contribution in [1.29, 1.82) is 0 Å². The number of nitrogens with one attached hydrogen (secondary N) is 1. The number of methoxy groups -OCH3 is 1. The van der Waals surface area contributed by atoms with Crippen molar-refractivity contribution >= 4 is 17.6 Å². The van der Waals surface area contributed by atoms with Gasteiger partial charge in [-0.05, 0) is 55.3 Å². The number of esters is 1. The molecular weight excluding hydrogens is 294 g/mol. The lowest BCUT2D eigenvalue weighted by atomic mass is 10.1. The molecule has 0 heterocycles. The fourth-order valence-electron chi connectivity index (χ4n) is 1.99. The lowest BCUT2D eigenvalue weighted by molar-refractivity contribution is -0.118. The fourth-order valence-corrected chi connectivity index (χ4v) is 1.99. The summed E-state index contributed by atoms with van der Waals surface area (Å²) in [6.07, 6.45) is 0. The number of carbonyl (C=O) groups excluding carboxylic acids is 2. The highest BCUT2D eigenvalue weighted by atomic mass is 16.5. The van der Waals surface area contributed by atoms with Crippen LogP contribution in [-0.4, -0.2) is 25.6 Å². The van der Waals surface area contributed by atoms with Crippen molar-refractivity contribution in [2.75, 3.05) is 19.0 Å². The summed E-state index contributed by atoms with van der Waals surface area (Å²) in [4.78, 5) is 23.4. The molecule has 0 bridgehead atoms. The summed E-state index contributed by atoms with van der Waals surface area (Å²) in [5.74, 6) is -0.107. The zero-order chi connectivity index (χ0) is 16.8. The second-order valence-corrected chi connectivity index (χ2v) is 5.16. The molecule has 23 heavy (non-hydrogen) atoms. The van der Waals surface area contributed by atoms with Crippen LogP contribution in [0.5, 0.6) is 5.75 Å². The summed E-state index contributed by atoms with van der Waals surface area (Å²) >= 11 is 0. The van der Waals surface area contributed by atoms with Gasteiger partial charge in [0.2, 0.25) is 0 Å². The first-order valence-corrected chi connectivity index (χ1v) is 7.18. The first kappa shape index (κ1) is 16.5. The van der Waals surface area contributed by atoms with Gasteiger partial charge in [-0.2, -0.15) is 0 Å².